The second kappa shape index (κ2) is 14.3. The van der Waals surface area contributed by atoms with Crippen LogP contribution in [0.2, 0.25) is 0 Å². The average molecular weight is 477 g/mol. The van der Waals surface area contributed by atoms with Crippen LogP contribution in [0.4, 0.5) is 8.78 Å². The Hall–Kier alpha value is -2.14. The third-order valence-corrected chi connectivity index (χ3v) is 6.75. The largest absolute Gasteiger partial charge is 0.390 e. The molecule has 0 radical (unpaired) electrons. The minimum absolute atomic E-state index is 0.0738. The first-order valence-electron chi connectivity index (χ1n) is 12.2. The molecule has 0 unspecified atom stereocenters. The van der Waals surface area contributed by atoms with Crippen molar-refractivity contribution in [1.29, 1.82) is 0 Å². The van der Waals surface area contributed by atoms with Gasteiger partial charge in [0, 0.05) is 22.3 Å². The lowest BCUT2D eigenvalue weighted by Gasteiger charge is -2.25. The highest BCUT2D eigenvalue weighted by atomic mass is 19.1. The molecule has 34 heavy (non-hydrogen) atoms. The predicted octanol–water partition coefficient (Wildman–Crippen LogP) is 7.42. The summed E-state index contributed by atoms with van der Waals surface area (Å²) < 4.78 is 25.0. The molecule has 1 atom stereocenters. The smallest absolute Gasteiger partial charge is 0.185 e. The van der Waals surface area contributed by atoms with Gasteiger partial charge in [-0.05, 0) is 98.5 Å². The first-order valence-corrected chi connectivity index (χ1v) is 12.2. The second-order valence-electron chi connectivity index (χ2n) is 9.86. The molecule has 1 rings (SSSR count). The molecular weight excluding hydrogens is 434 g/mol. The van der Waals surface area contributed by atoms with Crippen LogP contribution < -0.4 is 0 Å². The van der Waals surface area contributed by atoms with Gasteiger partial charge in [-0.1, -0.05) is 29.4 Å². The van der Waals surface area contributed by atoms with E-state index in [1.807, 2.05) is 6.92 Å². The van der Waals surface area contributed by atoms with E-state index < -0.39 is 19.0 Å². The van der Waals surface area contributed by atoms with Crippen LogP contribution in [-0.4, -0.2) is 35.6 Å². The van der Waals surface area contributed by atoms with Gasteiger partial charge in [0.15, 0.2) is 11.6 Å². The summed E-state index contributed by atoms with van der Waals surface area (Å²) in [5.74, 6) is -0.152. The first kappa shape index (κ1) is 29.9. The Labute approximate surface area is 204 Å². The van der Waals surface area contributed by atoms with Crippen molar-refractivity contribution < 1.29 is 23.5 Å². The Morgan fingerprint density at radius 2 is 1.29 bits per heavy atom. The third kappa shape index (κ3) is 9.61. The second-order valence-corrected chi connectivity index (χ2v) is 9.86. The maximum Gasteiger partial charge on any atom is 0.185 e. The molecule has 0 aromatic rings. The van der Waals surface area contributed by atoms with Gasteiger partial charge in [-0.15, -0.1) is 0 Å². The van der Waals surface area contributed by atoms with Crippen molar-refractivity contribution in [1.82, 2.24) is 0 Å². The van der Waals surface area contributed by atoms with E-state index in [0.29, 0.717) is 48.0 Å². The number of allylic oxidation sites excluding steroid dienone is 10. The van der Waals surface area contributed by atoms with Crippen molar-refractivity contribution >= 4 is 11.6 Å². The summed E-state index contributed by atoms with van der Waals surface area (Å²) in [7, 11) is 0. The van der Waals surface area contributed by atoms with Crippen LogP contribution in [-0.2, 0) is 9.59 Å². The minimum atomic E-state index is -0.917. The molecule has 3 nitrogen and oxygen atoms in total. The summed E-state index contributed by atoms with van der Waals surface area (Å²) in [6, 6.07) is 0. The molecule has 5 heteroatoms. The first-order chi connectivity index (χ1) is 15.9. The van der Waals surface area contributed by atoms with Crippen LogP contribution in [0.25, 0.3) is 0 Å². The summed E-state index contributed by atoms with van der Waals surface area (Å²) in [6.07, 6.45) is 11.4. The van der Waals surface area contributed by atoms with Crippen molar-refractivity contribution in [2.75, 3.05) is 13.3 Å². The molecule has 0 saturated carbocycles. The molecule has 0 bridgehead atoms. The van der Waals surface area contributed by atoms with E-state index in [1.54, 1.807) is 33.8 Å². The summed E-state index contributed by atoms with van der Waals surface area (Å²) in [4.78, 5) is 24.9. The fraction of sp³-hybridized carbons (Fsp3) is 0.586. The van der Waals surface area contributed by atoms with E-state index in [-0.39, 0.29) is 17.1 Å². The summed E-state index contributed by atoms with van der Waals surface area (Å²) in [5, 5.41) is 10.8. The van der Waals surface area contributed by atoms with Crippen LogP contribution in [0.5, 0.6) is 0 Å². The maximum absolute atomic E-state index is 12.6. The molecule has 1 aliphatic rings. The van der Waals surface area contributed by atoms with Gasteiger partial charge >= 0.3 is 0 Å². The Balaban J connectivity index is 2.47. The lowest BCUT2D eigenvalue weighted by Crippen LogP contribution is -2.26. The van der Waals surface area contributed by atoms with Crippen LogP contribution >= 0.6 is 0 Å². The maximum atomic E-state index is 12.6. The molecule has 0 aliphatic heterocycles. The number of ketones is 2. The van der Waals surface area contributed by atoms with E-state index in [4.69, 9.17) is 0 Å². The van der Waals surface area contributed by atoms with Crippen LogP contribution in [0.3, 0.4) is 0 Å². The van der Waals surface area contributed by atoms with E-state index >= 15 is 0 Å². The number of halogens is 2. The molecule has 0 saturated heterocycles. The molecule has 1 N–H and O–H groups in total. The topological polar surface area (TPSA) is 54.4 Å². The van der Waals surface area contributed by atoms with E-state index in [9.17, 15) is 23.5 Å². The number of carbonyl (C=O) groups is 2. The average Bonchev–Trinajstić information content (AvgIpc) is 2.79. The van der Waals surface area contributed by atoms with E-state index in [2.05, 4.69) is 19.1 Å². The molecule has 1 aliphatic carbocycles. The Morgan fingerprint density at radius 3 is 1.85 bits per heavy atom. The normalized spacial score (nSPS) is 17.4. The van der Waals surface area contributed by atoms with Crippen LogP contribution in [0.1, 0.15) is 92.9 Å². The van der Waals surface area contributed by atoms with E-state index in [0.717, 1.165) is 25.7 Å². The predicted molar refractivity (Wildman–Crippen MR) is 136 cm³/mol. The van der Waals surface area contributed by atoms with Gasteiger partial charge in [0.05, 0.1) is 5.60 Å². The number of aliphatic hydroxyl groups is 1. The Bertz CT molecular complexity index is 892. The quantitative estimate of drug-likeness (QED) is 0.210. The molecule has 190 valence electrons. The van der Waals surface area contributed by atoms with Gasteiger partial charge in [-0.2, -0.15) is 0 Å². The van der Waals surface area contributed by atoms with Crippen molar-refractivity contribution in [3.05, 3.63) is 57.2 Å². The monoisotopic (exact) mass is 476 g/mol. The lowest BCUT2D eigenvalue weighted by molar-refractivity contribution is -0.116. The fourth-order valence-electron chi connectivity index (χ4n) is 4.00. The number of Topliss-reactive ketones (excluding diaryl/α,β-unsaturated/α-hetero) is 2. The number of carbonyl (C=O) groups excluding carboxylic acids is 2. The van der Waals surface area contributed by atoms with Crippen molar-refractivity contribution in [3.63, 3.8) is 0 Å². The molecule has 0 amide bonds. The highest BCUT2D eigenvalue weighted by molar-refractivity contribution is 6.24. The molecule has 0 spiro atoms. The SMILES string of the molecule is CC1=C(C)C(=O)C(CC[C@](C)(O)CC/C=C(\C)CC/C=C(\C)CCC=C(CF)CF)=C(C)C1=O. The molecule has 0 aromatic carbocycles. The minimum Gasteiger partial charge on any atom is -0.390 e. The third-order valence-electron chi connectivity index (χ3n) is 6.75. The highest BCUT2D eigenvalue weighted by Crippen LogP contribution is 2.30. The molecular formula is C29H42F2O3. The van der Waals surface area contributed by atoms with Crippen molar-refractivity contribution in [2.24, 2.45) is 0 Å². The van der Waals surface area contributed by atoms with Crippen LogP contribution in [0.15, 0.2) is 57.2 Å². The zero-order valence-electron chi connectivity index (χ0n) is 21.8. The fourth-order valence-corrected chi connectivity index (χ4v) is 4.00. The van der Waals surface area contributed by atoms with Crippen molar-refractivity contribution in [2.45, 2.75) is 98.5 Å². The summed E-state index contributed by atoms with van der Waals surface area (Å²) in [6.45, 7) is 9.54. The summed E-state index contributed by atoms with van der Waals surface area (Å²) in [5.41, 5.74) is 3.82. The zero-order chi connectivity index (χ0) is 25.9. The van der Waals surface area contributed by atoms with Gasteiger partial charge in [0.2, 0.25) is 0 Å². The van der Waals surface area contributed by atoms with Gasteiger partial charge in [-0.3, -0.25) is 9.59 Å². The highest BCUT2D eigenvalue weighted by Gasteiger charge is 2.29. The van der Waals surface area contributed by atoms with Crippen molar-refractivity contribution in [3.8, 4) is 0 Å². The summed E-state index contributed by atoms with van der Waals surface area (Å²) >= 11 is 0. The number of hydrogen-bond donors (Lipinski definition) is 1. The Morgan fingerprint density at radius 1 is 0.794 bits per heavy atom. The molecule has 0 heterocycles. The van der Waals surface area contributed by atoms with Gasteiger partial charge < -0.3 is 5.11 Å². The lowest BCUT2D eigenvalue weighted by atomic mass is 9.82. The van der Waals surface area contributed by atoms with Gasteiger partial charge in [-0.25, -0.2) is 8.78 Å². The standard InChI is InChI=1S/C29H42F2O3/c1-20(12-8-14-25(18-30)19-31)10-7-11-21(2)13-9-16-29(6,34)17-15-26-24(5)27(32)22(3)23(4)28(26)33/h10,13-14,34H,7-9,11-12,15-19H2,1-6H3/b20-10+,21-13+/t29-/m1/s1. The molecule has 0 aromatic heterocycles. The number of hydrogen-bond acceptors (Lipinski definition) is 3. The number of rotatable bonds is 14. The molecule has 0 fully saturated rings. The number of alkyl halides is 2. The van der Waals surface area contributed by atoms with Crippen LogP contribution in [0, 0.1) is 0 Å². The zero-order valence-corrected chi connectivity index (χ0v) is 21.8. The van der Waals surface area contributed by atoms with E-state index in [1.165, 1.54) is 11.1 Å². The Kier molecular flexibility index (Phi) is 12.6. The van der Waals surface area contributed by atoms with Gasteiger partial charge in [0.1, 0.15) is 13.3 Å². The van der Waals surface area contributed by atoms with Gasteiger partial charge in [0.25, 0.3) is 0 Å².